The van der Waals surface area contributed by atoms with E-state index in [1.807, 2.05) is 36.6 Å². The molecule has 1 atom stereocenters. The lowest BCUT2D eigenvalue weighted by atomic mass is 9.95. The summed E-state index contributed by atoms with van der Waals surface area (Å²) < 4.78 is 30.4. The molecule has 12 nitrogen and oxygen atoms in total. The molecule has 1 aliphatic rings. The minimum atomic E-state index is -0.889. The van der Waals surface area contributed by atoms with Crippen molar-refractivity contribution in [3.63, 3.8) is 0 Å². The Balaban J connectivity index is 1.65. The van der Waals surface area contributed by atoms with Gasteiger partial charge in [0.25, 0.3) is 5.56 Å². The molecule has 4 aromatic rings. The van der Waals surface area contributed by atoms with Gasteiger partial charge in [-0.1, -0.05) is 23.5 Å². The molecule has 0 radical (unpaired) electrons. The number of aryl methyl sites for hydroxylation is 1. The van der Waals surface area contributed by atoms with E-state index < -0.39 is 23.9 Å². The number of rotatable bonds is 11. The third-order valence-corrected chi connectivity index (χ3v) is 8.94. The first-order valence-corrected chi connectivity index (χ1v) is 16.4. The van der Waals surface area contributed by atoms with Crippen LogP contribution >= 0.6 is 11.3 Å². The summed E-state index contributed by atoms with van der Waals surface area (Å²) in [6.07, 6.45) is 1.81. The number of hydrogen-bond acceptors (Lipinski definition) is 11. The zero-order valence-electron chi connectivity index (χ0n) is 28.3. The Morgan fingerprint density at radius 3 is 2.39 bits per heavy atom. The van der Waals surface area contributed by atoms with Crippen LogP contribution < -0.4 is 24.4 Å². The average Bonchev–Trinajstić information content (AvgIpc) is 3.55. The van der Waals surface area contributed by atoms with E-state index in [9.17, 15) is 19.2 Å². The van der Waals surface area contributed by atoms with Crippen molar-refractivity contribution in [1.82, 2.24) is 9.13 Å². The number of carbonyl (C=O) groups is 3. The van der Waals surface area contributed by atoms with Crippen molar-refractivity contribution in [3.8, 4) is 17.2 Å². The lowest BCUT2D eigenvalue weighted by molar-refractivity contribution is -0.143. The van der Waals surface area contributed by atoms with Gasteiger partial charge >= 0.3 is 17.9 Å². The first kappa shape index (κ1) is 34.9. The van der Waals surface area contributed by atoms with E-state index in [0.717, 1.165) is 22.6 Å². The zero-order valence-corrected chi connectivity index (χ0v) is 29.1. The van der Waals surface area contributed by atoms with Crippen LogP contribution in [0.3, 0.4) is 0 Å². The highest BCUT2D eigenvalue weighted by atomic mass is 32.1. The maximum Gasteiger partial charge on any atom is 0.343 e. The van der Waals surface area contributed by atoms with Crippen molar-refractivity contribution in [1.29, 1.82) is 0 Å². The van der Waals surface area contributed by atoms with Gasteiger partial charge in [0.1, 0.15) is 0 Å². The Morgan fingerprint density at radius 2 is 1.69 bits per heavy atom. The summed E-state index contributed by atoms with van der Waals surface area (Å²) in [5, 5.41) is 0. The van der Waals surface area contributed by atoms with Gasteiger partial charge in [0.15, 0.2) is 22.9 Å². The Morgan fingerprint density at radius 1 is 0.918 bits per heavy atom. The molecule has 0 spiro atoms. The molecule has 2 aromatic carbocycles. The monoisotopic (exact) mass is 687 g/mol. The van der Waals surface area contributed by atoms with Gasteiger partial charge in [0.05, 0.1) is 54.8 Å². The van der Waals surface area contributed by atoms with E-state index >= 15 is 0 Å². The number of carbonyl (C=O) groups excluding carboxylic acids is 3. The molecule has 3 heterocycles. The average molecular weight is 688 g/mol. The van der Waals surface area contributed by atoms with Crippen molar-refractivity contribution in [3.05, 3.63) is 108 Å². The number of allylic oxidation sites excluding steroid dienone is 1. The molecule has 0 unspecified atom stereocenters. The lowest BCUT2D eigenvalue weighted by Crippen LogP contribution is -2.40. The highest BCUT2D eigenvalue weighted by Crippen LogP contribution is 2.36. The fraction of sp³-hybridized carbons (Fsp3) is 0.306. The van der Waals surface area contributed by atoms with E-state index in [0.29, 0.717) is 44.3 Å². The van der Waals surface area contributed by atoms with Gasteiger partial charge < -0.3 is 28.3 Å². The fourth-order valence-corrected chi connectivity index (χ4v) is 6.78. The largest absolute Gasteiger partial charge is 0.490 e. The molecule has 256 valence electrons. The second-order valence-corrected chi connectivity index (χ2v) is 12.0. The number of nitrogens with zero attached hydrogens (tertiary/aromatic N) is 3. The van der Waals surface area contributed by atoms with Gasteiger partial charge in [0, 0.05) is 17.1 Å². The van der Waals surface area contributed by atoms with Gasteiger partial charge in [-0.3, -0.25) is 9.36 Å². The zero-order chi connectivity index (χ0) is 35.4. The van der Waals surface area contributed by atoms with Crippen molar-refractivity contribution >= 4 is 35.3 Å². The number of thiazole rings is 1. The number of aromatic nitrogens is 2. The van der Waals surface area contributed by atoms with Gasteiger partial charge in [-0.2, -0.15) is 0 Å². The minimum absolute atomic E-state index is 0.134. The Labute approximate surface area is 286 Å². The van der Waals surface area contributed by atoms with Gasteiger partial charge in [-0.15, -0.1) is 0 Å². The SMILES string of the molecule is CCOC(=O)C1=C(C)N=c2s/c(=C\c3cc(C)n(-c4cccc(C(=O)OC)c4)c3C)c(=O)n2[C@H]1c1ccc(OCC(=O)OC)c(OCC)c1. The predicted molar refractivity (Wildman–Crippen MR) is 182 cm³/mol. The number of ether oxygens (including phenoxy) is 5. The summed E-state index contributed by atoms with van der Waals surface area (Å²) in [5.41, 5.74) is 4.61. The van der Waals surface area contributed by atoms with Gasteiger partial charge in [0.2, 0.25) is 0 Å². The van der Waals surface area contributed by atoms with Crippen molar-refractivity contribution in [2.75, 3.05) is 34.0 Å². The predicted octanol–water partition coefficient (Wildman–Crippen LogP) is 3.94. The highest BCUT2D eigenvalue weighted by molar-refractivity contribution is 7.07. The van der Waals surface area contributed by atoms with E-state index in [1.165, 1.54) is 30.1 Å². The topological polar surface area (TPSA) is 137 Å². The van der Waals surface area contributed by atoms with Crippen molar-refractivity contribution < 1.29 is 38.1 Å². The molecule has 2 aromatic heterocycles. The van der Waals surface area contributed by atoms with E-state index in [-0.39, 0.29) is 24.3 Å². The third-order valence-electron chi connectivity index (χ3n) is 7.96. The smallest absolute Gasteiger partial charge is 0.343 e. The quantitative estimate of drug-likeness (QED) is 0.170. The normalized spacial score (nSPS) is 14.2. The summed E-state index contributed by atoms with van der Waals surface area (Å²) in [7, 11) is 2.61. The summed E-state index contributed by atoms with van der Waals surface area (Å²) in [4.78, 5) is 56.7. The second-order valence-electron chi connectivity index (χ2n) is 11.0. The summed E-state index contributed by atoms with van der Waals surface area (Å²) in [6.45, 7) is 9.22. The van der Waals surface area contributed by atoms with Crippen LogP contribution in [0.1, 0.15) is 59.7 Å². The molecule has 1 aliphatic heterocycles. The Kier molecular flexibility index (Phi) is 10.5. The standard InChI is InChI=1S/C36H37N3O9S/c1-8-46-28-17-23(13-14-27(28)48-19-30(40)44-6)32-31(35(43)47-9-2)21(4)37-36-39(32)33(41)29(49-36)18-25-15-20(3)38(22(25)5)26-12-10-11-24(16-26)34(42)45-7/h10-18,32H,8-9,19H2,1-7H3/b29-18-/t32-/m0/s1. The molecule has 0 fully saturated rings. The molecule has 0 saturated heterocycles. The van der Waals surface area contributed by atoms with Crippen LogP contribution in [-0.4, -0.2) is 61.1 Å². The fourth-order valence-electron chi connectivity index (χ4n) is 5.75. The first-order valence-electron chi connectivity index (χ1n) is 15.6. The summed E-state index contributed by atoms with van der Waals surface area (Å²) in [5.74, 6) is -0.960. The number of methoxy groups -OCH3 is 2. The van der Waals surface area contributed by atoms with E-state index in [4.69, 9.17) is 18.9 Å². The lowest BCUT2D eigenvalue weighted by Gasteiger charge is -2.25. The molecule has 0 bridgehead atoms. The number of benzene rings is 2. The second kappa shape index (κ2) is 14.8. The molecule has 5 rings (SSSR count). The Bertz CT molecular complexity index is 2160. The maximum absolute atomic E-state index is 14.3. The first-order chi connectivity index (χ1) is 23.5. The van der Waals surface area contributed by atoms with Crippen LogP contribution in [0.5, 0.6) is 11.5 Å². The Hall–Kier alpha value is -5.43. The number of hydrogen-bond donors (Lipinski definition) is 0. The molecule has 0 aliphatic carbocycles. The van der Waals surface area contributed by atoms with Crippen LogP contribution in [0.4, 0.5) is 0 Å². The summed E-state index contributed by atoms with van der Waals surface area (Å²) >= 11 is 1.21. The van der Waals surface area contributed by atoms with Crippen LogP contribution in [0, 0.1) is 13.8 Å². The molecule has 0 amide bonds. The molecule has 0 saturated carbocycles. The molecular formula is C36H37N3O9S. The van der Waals surface area contributed by atoms with Crippen LogP contribution in [0.2, 0.25) is 0 Å². The number of fused-ring (bicyclic) bond motifs is 1. The molecule has 49 heavy (non-hydrogen) atoms. The van der Waals surface area contributed by atoms with Crippen molar-refractivity contribution in [2.24, 2.45) is 4.99 Å². The number of esters is 3. The van der Waals surface area contributed by atoms with Gasteiger partial charge in [-0.25, -0.2) is 19.4 Å². The minimum Gasteiger partial charge on any atom is -0.490 e. The molecule has 13 heteroatoms. The molecular weight excluding hydrogens is 650 g/mol. The summed E-state index contributed by atoms with van der Waals surface area (Å²) in [6, 6.07) is 13.2. The highest BCUT2D eigenvalue weighted by Gasteiger charge is 2.34. The van der Waals surface area contributed by atoms with Crippen LogP contribution in [0.25, 0.3) is 11.8 Å². The molecule has 0 N–H and O–H groups in total. The van der Waals surface area contributed by atoms with Crippen LogP contribution in [0.15, 0.2) is 69.6 Å². The van der Waals surface area contributed by atoms with Crippen LogP contribution in [-0.2, 0) is 23.8 Å². The third kappa shape index (κ3) is 6.93. The van der Waals surface area contributed by atoms with Crippen molar-refractivity contribution in [2.45, 2.75) is 40.7 Å². The maximum atomic E-state index is 14.3. The van der Waals surface area contributed by atoms with E-state index in [1.54, 1.807) is 57.2 Å². The van der Waals surface area contributed by atoms with E-state index in [2.05, 4.69) is 9.73 Å². The van der Waals surface area contributed by atoms with Gasteiger partial charge in [-0.05, 0) is 88.2 Å².